The Labute approximate surface area is 161 Å². The molecule has 152 valence electrons. The number of nitro groups is 2. The van der Waals surface area contributed by atoms with Gasteiger partial charge in [-0.15, -0.1) is 0 Å². The van der Waals surface area contributed by atoms with Gasteiger partial charge in [0.05, 0.1) is 34.8 Å². The van der Waals surface area contributed by atoms with Crippen LogP contribution in [0.4, 0.5) is 24.5 Å². The fourth-order valence-electron chi connectivity index (χ4n) is 2.95. The molecule has 12 heteroatoms. The van der Waals surface area contributed by atoms with Crippen LogP contribution in [-0.2, 0) is 13.2 Å². The molecule has 0 bridgehead atoms. The van der Waals surface area contributed by atoms with Crippen molar-refractivity contribution in [3.8, 4) is 0 Å². The van der Waals surface area contributed by atoms with Gasteiger partial charge in [-0.25, -0.2) is 0 Å². The van der Waals surface area contributed by atoms with Crippen LogP contribution in [0.2, 0.25) is 0 Å². The van der Waals surface area contributed by atoms with E-state index in [9.17, 15) is 33.4 Å². The lowest BCUT2D eigenvalue weighted by atomic mass is 10.1. The SMILES string of the molecule is O=[N+]([O-])c1ccc2cnn(CN(Cc3ccccc3[N+](=O)[O-])CC(F)(F)F)c2c1. The van der Waals surface area contributed by atoms with Crippen molar-refractivity contribution in [2.75, 3.05) is 6.54 Å². The van der Waals surface area contributed by atoms with Crippen LogP contribution < -0.4 is 0 Å². The van der Waals surface area contributed by atoms with Crippen LogP contribution in [0, 0.1) is 20.2 Å². The molecule has 1 heterocycles. The zero-order valence-corrected chi connectivity index (χ0v) is 14.7. The van der Waals surface area contributed by atoms with Crippen LogP contribution >= 0.6 is 0 Å². The number of nitrogens with zero attached hydrogens (tertiary/aromatic N) is 5. The van der Waals surface area contributed by atoms with Gasteiger partial charge < -0.3 is 0 Å². The first-order valence-electron chi connectivity index (χ1n) is 8.25. The van der Waals surface area contributed by atoms with Crippen LogP contribution in [0.1, 0.15) is 5.56 Å². The Hall–Kier alpha value is -3.54. The van der Waals surface area contributed by atoms with E-state index in [-0.39, 0.29) is 35.7 Å². The summed E-state index contributed by atoms with van der Waals surface area (Å²) in [5.74, 6) is 0. The predicted octanol–water partition coefficient (Wildman–Crippen LogP) is 3.87. The number of para-hydroxylation sites is 1. The summed E-state index contributed by atoms with van der Waals surface area (Å²) in [6.45, 7) is -2.06. The van der Waals surface area contributed by atoms with Gasteiger partial charge in [0.1, 0.15) is 0 Å². The summed E-state index contributed by atoms with van der Waals surface area (Å²) in [7, 11) is 0. The van der Waals surface area contributed by atoms with Crippen LogP contribution in [0.25, 0.3) is 10.9 Å². The minimum absolute atomic E-state index is 0.115. The molecule has 0 N–H and O–H groups in total. The van der Waals surface area contributed by atoms with Gasteiger partial charge in [-0.1, -0.05) is 18.2 Å². The second kappa shape index (κ2) is 7.83. The number of hydrogen-bond donors (Lipinski definition) is 0. The number of rotatable bonds is 7. The van der Waals surface area contributed by atoms with Gasteiger partial charge in [0.25, 0.3) is 11.4 Å². The summed E-state index contributed by atoms with van der Waals surface area (Å²) in [6.07, 6.45) is -3.17. The van der Waals surface area contributed by atoms with E-state index in [1.807, 2.05) is 0 Å². The maximum atomic E-state index is 13.1. The zero-order chi connectivity index (χ0) is 21.2. The molecule has 0 saturated carbocycles. The number of alkyl halides is 3. The molecule has 0 aliphatic carbocycles. The molecule has 0 saturated heterocycles. The number of nitro benzene ring substituents is 2. The maximum absolute atomic E-state index is 13.1. The summed E-state index contributed by atoms with van der Waals surface area (Å²) in [4.78, 5) is 21.8. The van der Waals surface area contributed by atoms with E-state index >= 15 is 0 Å². The third kappa shape index (κ3) is 4.85. The fourth-order valence-corrected chi connectivity index (χ4v) is 2.95. The third-order valence-electron chi connectivity index (χ3n) is 4.16. The summed E-state index contributed by atoms with van der Waals surface area (Å²) in [5.41, 5.74) is -0.112. The van der Waals surface area contributed by atoms with E-state index in [4.69, 9.17) is 0 Å². The molecule has 0 fully saturated rings. The molecule has 9 nitrogen and oxygen atoms in total. The number of aromatic nitrogens is 2. The molecule has 3 aromatic rings. The van der Waals surface area contributed by atoms with Crippen LogP contribution in [-0.4, -0.2) is 37.2 Å². The van der Waals surface area contributed by atoms with Crippen LogP contribution in [0.3, 0.4) is 0 Å². The Morgan fingerprint density at radius 2 is 1.79 bits per heavy atom. The molecule has 1 aromatic heterocycles. The third-order valence-corrected chi connectivity index (χ3v) is 4.16. The molecule has 0 aliphatic rings. The fraction of sp³-hybridized carbons (Fsp3) is 0.235. The predicted molar refractivity (Wildman–Crippen MR) is 95.9 cm³/mol. The smallest absolute Gasteiger partial charge is 0.271 e. The van der Waals surface area contributed by atoms with Gasteiger partial charge in [0, 0.05) is 35.7 Å². The highest BCUT2D eigenvalue weighted by Gasteiger charge is 2.32. The monoisotopic (exact) mass is 409 g/mol. The van der Waals surface area contributed by atoms with Gasteiger partial charge in [0.15, 0.2) is 0 Å². The Balaban J connectivity index is 1.95. The van der Waals surface area contributed by atoms with Crippen molar-refractivity contribution < 1.29 is 23.0 Å². The first-order valence-corrected chi connectivity index (χ1v) is 8.25. The molecule has 0 aliphatic heterocycles. The minimum atomic E-state index is -4.56. The highest BCUT2D eigenvalue weighted by molar-refractivity contribution is 5.80. The quantitative estimate of drug-likeness (QED) is 0.433. The van der Waals surface area contributed by atoms with Crippen molar-refractivity contribution in [2.45, 2.75) is 19.4 Å². The summed E-state index contributed by atoms with van der Waals surface area (Å²) >= 11 is 0. The molecule has 29 heavy (non-hydrogen) atoms. The topological polar surface area (TPSA) is 107 Å². The standard InChI is InChI=1S/C17H14F3N5O4/c18-17(19,20)10-22(9-13-3-1-2-4-15(13)25(28)29)11-23-16-7-14(24(26)27)6-5-12(16)8-21-23/h1-8H,9-11H2. The lowest BCUT2D eigenvalue weighted by Gasteiger charge is -2.24. The van der Waals surface area contributed by atoms with Gasteiger partial charge in [0.2, 0.25) is 0 Å². The highest BCUT2D eigenvalue weighted by atomic mass is 19.4. The lowest BCUT2D eigenvalue weighted by Crippen LogP contribution is -2.35. The summed E-state index contributed by atoms with van der Waals surface area (Å²) in [5, 5.41) is 26.7. The van der Waals surface area contributed by atoms with Gasteiger partial charge >= 0.3 is 6.18 Å². The van der Waals surface area contributed by atoms with E-state index in [1.165, 1.54) is 53.3 Å². The van der Waals surface area contributed by atoms with Crippen molar-refractivity contribution in [1.82, 2.24) is 14.7 Å². The number of hydrogen-bond acceptors (Lipinski definition) is 6. The zero-order valence-electron chi connectivity index (χ0n) is 14.7. The first kappa shape index (κ1) is 20.2. The van der Waals surface area contributed by atoms with Crippen molar-refractivity contribution >= 4 is 22.3 Å². The van der Waals surface area contributed by atoms with E-state index in [1.54, 1.807) is 0 Å². The number of halogens is 3. The summed E-state index contributed by atoms with van der Waals surface area (Å²) in [6, 6.07) is 9.47. The van der Waals surface area contributed by atoms with Crippen molar-refractivity contribution in [2.24, 2.45) is 0 Å². The average molecular weight is 409 g/mol. The van der Waals surface area contributed by atoms with E-state index < -0.39 is 22.6 Å². The second-order valence-corrected chi connectivity index (χ2v) is 6.27. The van der Waals surface area contributed by atoms with Gasteiger partial charge in [-0.3, -0.25) is 29.8 Å². The molecule has 3 rings (SSSR count). The lowest BCUT2D eigenvalue weighted by molar-refractivity contribution is -0.385. The molecule has 0 unspecified atom stereocenters. The Bertz CT molecular complexity index is 1070. The Morgan fingerprint density at radius 3 is 2.45 bits per heavy atom. The molecule has 0 amide bonds. The van der Waals surface area contributed by atoms with Crippen LogP contribution in [0.5, 0.6) is 0 Å². The normalized spacial score (nSPS) is 11.9. The largest absolute Gasteiger partial charge is 0.401 e. The first-order chi connectivity index (χ1) is 13.6. The molecule has 0 atom stereocenters. The maximum Gasteiger partial charge on any atom is 0.401 e. The van der Waals surface area contributed by atoms with E-state index in [2.05, 4.69) is 5.10 Å². The van der Waals surface area contributed by atoms with Crippen molar-refractivity contribution in [3.63, 3.8) is 0 Å². The molecule has 0 spiro atoms. The number of non-ortho nitro benzene ring substituents is 1. The van der Waals surface area contributed by atoms with Gasteiger partial charge in [-0.05, 0) is 6.07 Å². The average Bonchev–Trinajstić information content (AvgIpc) is 3.02. The van der Waals surface area contributed by atoms with Crippen LogP contribution in [0.15, 0.2) is 48.7 Å². The number of benzene rings is 2. The molecule has 2 aromatic carbocycles. The van der Waals surface area contributed by atoms with E-state index in [0.717, 1.165) is 4.90 Å². The molecular weight excluding hydrogens is 395 g/mol. The molecular formula is C17H14F3N5O4. The Morgan fingerprint density at radius 1 is 1.07 bits per heavy atom. The van der Waals surface area contributed by atoms with Crippen molar-refractivity contribution in [3.05, 3.63) is 74.5 Å². The molecule has 0 radical (unpaired) electrons. The Kier molecular flexibility index (Phi) is 5.46. The number of fused-ring (bicyclic) bond motifs is 1. The van der Waals surface area contributed by atoms with Gasteiger partial charge in [-0.2, -0.15) is 18.3 Å². The minimum Gasteiger partial charge on any atom is -0.271 e. The van der Waals surface area contributed by atoms with Crippen molar-refractivity contribution in [1.29, 1.82) is 0 Å². The second-order valence-electron chi connectivity index (χ2n) is 6.27. The highest BCUT2D eigenvalue weighted by Crippen LogP contribution is 2.25. The summed E-state index contributed by atoms with van der Waals surface area (Å²) < 4.78 is 40.5. The van der Waals surface area contributed by atoms with E-state index in [0.29, 0.717) is 5.39 Å².